The molecular weight excluding hydrogens is 611 g/mol. The number of anilines is 1. The van der Waals surface area contributed by atoms with Gasteiger partial charge < -0.3 is 20.2 Å². The molecule has 12 heteroatoms. The number of β-lactam (4-membered cyclic amide) rings is 1. The summed E-state index contributed by atoms with van der Waals surface area (Å²) in [7, 11) is 2.60. The monoisotopic (exact) mass is 639 g/mol. The lowest BCUT2D eigenvalue weighted by atomic mass is 9.77. The number of hydrogen-bond acceptors (Lipinski definition) is 10. The number of carbonyl (C=O) groups is 3. The number of benzene rings is 3. The summed E-state index contributed by atoms with van der Waals surface area (Å²) in [6.45, 7) is 0. The van der Waals surface area contributed by atoms with Crippen molar-refractivity contribution in [3.8, 4) is 0 Å². The van der Waals surface area contributed by atoms with E-state index in [4.69, 9.17) is 14.6 Å². The van der Waals surface area contributed by atoms with Crippen LogP contribution in [0.25, 0.3) is 0 Å². The summed E-state index contributed by atoms with van der Waals surface area (Å²) >= 11 is 2.75. The lowest BCUT2D eigenvalue weighted by Gasteiger charge is -2.48. The Morgan fingerprint density at radius 3 is 2.04 bits per heavy atom. The van der Waals surface area contributed by atoms with Gasteiger partial charge in [-0.3, -0.25) is 14.5 Å². The number of ether oxygens (including phenoxy) is 1. The number of methoxy groups -OCH3 is 1. The molecule has 1 fully saturated rings. The molecule has 45 heavy (non-hydrogen) atoms. The normalized spacial score (nSPS) is 17.8. The first-order valence-corrected chi connectivity index (χ1v) is 16.0. The Morgan fingerprint density at radius 1 is 0.933 bits per heavy atom. The van der Waals surface area contributed by atoms with Gasteiger partial charge in [-0.15, -0.1) is 23.1 Å². The zero-order valence-electron chi connectivity index (χ0n) is 24.4. The molecule has 0 saturated carbocycles. The van der Waals surface area contributed by atoms with E-state index in [1.54, 1.807) is 11.5 Å². The number of thioether (sulfide) groups is 1. The summed E-state index contributed by atoms with van der Waals surface area (Å²) < 4.78 is 4.81. The Balaban J connectivity index is 1.30. The average molecular weight is 640 g/mol. The predicted octanol–water partition coefficient (Wildman–Crippen LogP) is 4.35. The van der Waals surface area contributed by atoms with E-state index >= 15 is 0 Å². The van der Waals surface area contributed by atoms with Gasteiger partial charge in [-0.1, -0.05) is 96.2 Å². The van der Waals surface area contributed by atoms with Crippen LogP contribution < -0.4 is 10.6 Å². The quantitative estimate of drug-likeness (QED) is 0.0864. The molecule has 2 atom stereocenters. The second-order valence-electron chi connectivity index (χ2n) is 10.1. The van der Waals surface area contributed by atoms with E-state index in [1.807, 2.05) is 54.6 Å². The SMILES string of the molecule is CO/N=C(\C(=O)NC1C(=O)N2C(C(=O)OC)=CCS[C@H]12)c1csc(NC(c2ccccc2)(c2ccccc2)c2ccccc2)n1. The Bertz CT molecular complexity index is 1670. The van der Waals surface area contributed by atoms with Crippen molar-refractivity contribution in [3.05, 3.63) is 131 Å². The molecule has 0 spiro atoms. The van der Waals surface area contributed by atoms with Gasteiger partial charge in [-0.2, -0.15) is 0 Å². The van der Waals surface area contributed by atoms with Gasteiger partial charge in [0.1, 0.15) is 35.5 Å². The van der Waals surface area contributed by atoms with Crippen LogP contribution in [0.1, 0.15) is 22.4 Å². The highest BCUT2D eigenvalue weighted by Crippen LogP contribution is 2.41. The zero-order chi connectivity index (χ0) is 31.4. The summed E-state index contributed by atoms with van der Waals surface area (Å²) in [4.78, 5) is 49.8. The van der Waals surface area contributed by atoms with Crippen molar-refractivity contribution in [1.82, 2.24) is 15.2 Å². The van der Waals surface area contributed by atoms with Crippen molar-refractivity contribution in [1.29, 1.82) is 0 Å². The molecule has 2 aliphatic heterocycles. The number of fused-ring (bicyclic) bond motifs is 1. The van der Waals surface area contributed by atoms with Crippen molar-refractivity contribution in [2.75, 3.05) is 25.3 Å². The van der Waals surface area contributed by atoms with Crippen molar-refractivity contribution in [2.24, 2.45) is 5.16 Å². The first-order chi connectivity index (χ1) is 22.0. The standard InChI is InChI=1S/C33H29N5O5S2/c1-42-31(41)25-18-19-44-30-27(29(40)38(25)30)35-28(39)26(37-43-2)24-20-45-32(34-24)36-33(21-12-6-3-7-13-21,22-14-8-4-9-15-22)23-16-10-5-11-17-23/h3-18,20,27,30H,19H2,1-2H3,(H,34,36)(H,35,39)/b37-26-/t27?,30-/m1/s1. The summed E-state index contributed by atoms with van der Waals surface area (Å²) in [6, 6.07) is 29.4. The minimum Gasteiger partial charge on any atom is -0.464 e. The minimum atomic E-state index is -0.851. The Hall–Kier alpha value is -4.94. The number of nitrogens with zero attached hydrogens (tertiary/aromatic N) is 3. The van der Waals surface area contributed by atoms with Gasteiger partial charge in [0.05, 0.1) is 7.11 Å². The topological polar surface area (TPSA) is 122 Å². The maximum Gasteiger partial charge on any atom is 0.354 e. The van der Waals surface area contributed by atoms with E-state index < -0.39 is 34.7 Å². The van der Waals surface area contributed by atoms with Crippen LogP contribution in [-0.2, 0) is 29.5 Å². The zero-order valence-corrected chi connectivity index (χ0v) is 26.0. The molecule has 0 radical (unpaired) electrons. The fraction of sp³-hybridized carbons (Fsp3) is 0.182. The van der Waals surface area contributed by atoms with Gasteiger partial charge >= 0.3 is 5.97 Å². The number of nitrogens with one attached hydrogen (secondary N) is 2. The van der Waals surface area contributed by atoms with Gasteiger partial charge in [-0.25, -0.2) is 9.78 Å². The Labute approximate surface area is 268 Å². The van der Waals surface area contributed by atoms with E-state index in [1.165, 1.54) is 42.2 Å². The molecule has 1 saturated heterocycles. The maximum absolute atomic E-state index is 13.5. The number of esters is 1. The molecule has 6 rings (SSSR count). The Kier molecular flexibility index (Phi) is 8.67. The summed E-state index contributed by atoms with van der Waals surface area (Å²) in [5, 5.41) is 12.2. The molecule has 0 bridgehead atoms. The van der Waals surface area contributed by atoms with Crippen LogP contribution in [-0.4, -0.2) is 64.8 Å². The molecule has 3 aromatic carbocycles. The highest BCUT2D eigenvalue weighted by Gasteiger charge is 2.53. The van der Waals surface area contributed by atoms with Crippen molar-refractivity contribution in [2.45, 2.75) is 17.0 Å². The average Bonchev–Trinajstić information content (AvgIpc) is 3.56. The third kappa shape index (κ3) is 5.58. The molecular formula is C33H29N5O5S2. The largest absolute Gasteiger partial charge is 0.464 e. The fourth-order valence-corrected chi connectivity index (χ4v) is 7.47. The third-order valence-electron chi connectivity index (χ3n) is 7.59. The summed E-state index contributed by atoms with van der Waals surface area (Å²) in [5.74, 6) is -1.13. The van der Waals surface area contributed by atoms with Crippen molar-refractivity contribution < 1.29 is 24.0 Å². The first kappa shape index (κ1) is 30.1. The first-order valence-electron chi connectivity index (χ1n) is 14.0. The lowest BCUT2D eigenvalue weighted by Crippen LogP contribution is -2.70. The maximum atomic E-state index is 13.5. The van der Waals surface area contributed by atoms with Crippen LogP contribution in [0.5, 0.6) is 0 Å². The molecule has 4 aromatic rings. The van der Waals surface area contributed by atoms with E-state index in [9.17, 15) is 14.4 Å². The number of oxime groups is 1. The van der Waals surface area contributed by atoms with Gasteiger partial charge in [0.15, 0.2) is 10.8 Å². The van der Waals surface area contributed by atoms with Crippen LogP contribution in [0.2, 0.25) is 0 Å². The van der Waals surface area contributed by atoms with E-state index in [-0.39, 0.29) is 17.1 Å². The van der Waals surface area contributed by atoms with Crippen LogP contribution >= 0.6 is 23.1 Å². The summed E-state index contributed by atoms with van der Waals surface area (Å²) in [6.07, 6.45) is 1.64. The van der Waals surface area contributed by atoms with Crippen LogP contribution in [0.15, 0.2) is 113 Å². The predicted molar refractivity (Wildman–Crippen MR) is 174 cm³/mol. The molecule has 2 amide bonds. The second-order valence-corrected chi connectivity index (χ2v) is 12.1. The van der Waals surface area contributed by atoms with Gasteiger partial charge in [0.25, 0.3) is 11.8 Å². The third-order valence-corrected chi connectivity index (χ3v) is 9.53. The Morgan fingerprint density at radius 2 is 1.51 bits per heavy atom. The number of hydrogen-bond donors (Lipinski definition) is 2. The molecule has 3 heterocycles. The molecule has 2 aliphatic rings. The number of amides is 2. The molecule has 228 valence electrons. The van der Waals surface area contributed by atoms with Gasteiger partial charge in [0.2, 0.25) is 0 Å². The van der Waals surface area contributed by atoms with Crippen LogP contribution in [0.3, 0.4) is 0 Å². The summed E-state index contributed by atoms with van der Waals surface area (Å²) in [5.41, 5.74) is 2.56. The molecule has 2 N–H and O–H groups in total. The van der Waals surface area contributed by atoms with Crippen LogP contribution in [0.4, 0.5) is 5.13 Å². The van der Waals surface area contributed by atoms with Gasteiger partial charge in [-0.05, 0) is 22.8 Å². The van der Waals surface area contributed by atoms with Crippen molar-refractivity contribution in [3.63, 3.8) is 0 Å². The minimum absolute atomic E-state index is 0.0812. The molecule has 1 aromatic heterocycles. The smallest absolute Gasteiger partial charge is 0.354 e. The number of aromatic nitrogens is 1. The number of rotatable bonds is 10. The fourth-order valence-electron chi connectivity index (χ4n) is 5.52. The van der Waals surface area contributed by atoms with E-state index in [2.05, 4.69) is 52.2 Å². The lowest BCUT2D eigenvalue weighted by molar-refractivity contribution is -0.151. The van der Waals surface area contributed by atoms with Gasteiger partial charge in [0, 0.05) is 11.1 Å². The van der Waals surface area contributed by atoms with E-state index in [0.717, 1.165) is 16.7 Å². The molecule has 1 unspecified atom stereocenters. The number of thiazole rings is 1. The highest BCUT2D eigenvalue weighted by atomic mass is 32.2. The van der Waals surface area contributed by atoms with E-state index in [0.29, 0.717) is 10.9 Å². The van der Waals surface area contributed by atoms with Crippen molar-refractivity contribution >= 4 is 51.7 Å². The van der Waals surface area contributed by atoms with Crippen LogP contribution in [0, 0.1) is 0 Å². The second kappa shape index (κ2) is 13.0. The number of carbonyl (C=O) groups excluding carboxylic acids is 3. The highest BCUT2D eigenvalue weighted by molar-refractivity contribution is 8.00. The molecule has 0 aliphatic carbocycles. The molecule has 10 nitrogen and oxygen atoms in total.